The number of hydrogen-bond acceptors (Lipinski definition) is 4. The molecule has 0 fully saturated rings. The summed E-state index contributed by atoms with van der Waals surface area (Å²) in [5.41, 5.74) is -1.03. The Hall–Kier alpha value is -2.50. The second-order valence-corrected chi connectivity index (χ2v) is 10.8. The first kappa shape index (κ1) is 29.7. The van der Waals surface area contributed by atoms with Crippen LogP contribution in [-0.4, -0.2) is 50.5 Å². The number of anilines is 1. The molecule has 2 aromatic carbocycles. The van der Waals surface area contributed by atoms with E-state index in [0.717, 1.165) is 17.2 Å². The van der Waals surface area contributed by atoms with E-state index in [1.807, 2.05) is 6.92 Å². The number of nitrogens with zero attached hydrogens (tertiary/aromatic N) is 2. The van der Waals surface area contributed by atoms with Gasteiger partial charge in [0.25, 0.3) is 0 Å². The van der Waals surface area contributed by atoms with Crippen molar-refractivity contribution in [1.82, 2.24) is 10.2 Å². The van der Waals surface area contributed by atoms with Gasteiger partial charge in [0.15, 0.2) is 0 Å². The summed E-state index contributed by atoms with van der Waals surface area (Å²) in [6.45, 7) is 2.73. The average molecular weight is 568 g/mol. The lowest BCUT2D eigenvalue weighted by atomic mass is 10.1. The Morgan fingerprint density at radius 2 is 1.69 bits per heavy atom. The fraction of sp³-hybridized carbons (Fsp3) is 0.391. The SMILES string of the molecule is CCCNC(=O)C(C)N(Cc1ccc(Cl)cc1)C(=O)CN(c1cc(C(F)(F)F)ccc1Cl)S(C)(=O)=O. The summed E-state index contributed by atoms with van der Waals surface area (Å²) < 4.78 is 65.5. The Kier molecular flexibility index (Phi) is 10.0. The van der Waals surface area contributed by atoms with Crippen molar-refractivity contribution in [2.45, 2.75) is 39.0 Å². The minimum atomic E-state index is -4.76. The number of benzene rings is 2. The van der Waals surface area contributed by atoms with Crippen LogP contribution in [0.25, 0.3) is 0 Å². The van der Waals surface area contributed by atoms with Crippen LogP contribution in [0.3, 0.4) is 0 Å². The van der Waals surface area contributed by atoms with Gasteiger partial charge < -0.3 is 10.2 Å². The van der Waals surface area contributed by atoms with E-state index in [1.165, 1.54) is 6.92 Å². The highest BCUT2D eigenvalue weighted by Gasteiger charge is 2.34. The molecule has 0 heterocycles. The van der Waals surface area contributed by atoms with Gasteiger partial charge >= 0.3 is 6.18 Å². The first-order chi connectivity index (χ1) is 16.6. The predicted octanol–water partition coefficient (Wildman–Crippen LogP) is 4.72. The molecule has 1 unspecified atom stereocenters. The molecule has 2 aromatic rings. The van der Waals surface area contributed by atoms with Crippen LogP contribution in [0, 0.1) is 0 Å². The maximum atomic E-state index is 13.4. The maximum absolute atomic E-state index is 13.4. The minimum absolute atomic E-state index is 0.0787. The van der Waals surface area contributed by atoms with Crippen LogP contribution < -0.4 is 9.62 Å². The molecule has 0 aromatic heterocycles. The molecule has 0 radical (unpaired) electrons. The van der Waals surface area contributed by atoms with Crippen LogP contribution in [0.1, 0.15) is 31.4 Å². The molecule has 7 nitrogen and oxygen atoms in total. The van der Waals surface area contributed by atoms with E-state index in [1.54, 1.807) is 24.3 Å². The molecule has 198 valence electrons. The zero-order valence-corrected chi connectivity index (χ0v) is 22.1. The Morgan fingerprint density at radius 3 is 2.22 bits per heavy atom. The number of rotatable bonds is 10. The summed E-state index contributed by atoms with van der Waals surface area (Å²) in [4.78, 5) is 27.2. The molecule has 0 saturated carbocycles. The third kappa shape index (κ3) is 8.01. The number of amides is 2. The molecule has 1 N–H and O–H groups in total. The number of carbonyl (C=O) groups excluding carboxylic acids is 2. The van der Waals surface area contributed by atoms with Gasteiger partial charge in [-0.2, -0.15) is 13.2 Å². The summed E-state index contributed by atoms with van der Waals surface area (Å²) in [7, 11) is -4.25. The molecule has 1 atom stereocenters. The normalized spacial score (nSPS) is 12.7. The molecule has 36 heavy (non-hydrogen) atoms. The number of sulfonamides is 1. The fourth-order valence-electron chi connectivity index (χ4n) is 3.24. The predicted molar refractivity (Wildman–Crippen MR) is 133 cm³/mol. The van der Waals surface area contributed by atoms with Crippen molar-refractivity contribution in [2.24, 2.45) is 0 Å². The summed E-state index contributed by atoms with van der Waals surface area (Å²) in [5, 5.41) is 2.84. The lowest BCUT2D eigenvalue weighted by molar-refractivity contribution is -0.139. The highest BCUT2D eigenvalue weighted by molar-refractivity contribution is 7.92. The molecular weight excluding hydrogens is 542 g/mol. The zero-order chi connectivity index (χ0) is 27.3. The monoisotopic (exact) mass is 567 g/mol. The van der Waals surface area contributed by atoms with E-state index in [9.17, 15) is 31.2 Å². The minimum Gasteiger partial charge on any atom is -0.354 e. The van der Waals surface area contributed by atoms with Crippen LogP contribution in [0.5, 0.6) is 0 Å². The van der Waals surface area contributed by atoms with Gasteiger partial charge in [-0.25, -0.2) is 8.42 Å². The van der Waals surface area contributed by atoms with Crippen molar-refractivity contribution in [3.8, 4) is 0 Å². The third-order valence-electron chi connectivity index (χ3n) is 5.20. The van der Waals surface area contributed by atoms with Crippen molar-refractivity contribution >= 4 is 50.7 Å². The van der Waals surface area contributed by atoms with Gasteiger partial charge in [0.05, 0.1) is 22.5 Å². The van der Waals surface area contributed by atoms with Crippen molar-refractivity contribution in [3.63, 3.8) is 0 Å². The van der Waals surface area contributed by atoms with Crippen LogP contribution in [0.4, 0.5) is 18.9 Å². The quantitative estimate of drug-likeness (QED) is 0.450. The van der Waals surface area contributed by atoms with Crippen molar-refractivity contribution in [1.29, 1.82) is 0 Å². The lowest BCUT2D eigenvalue weighted by Crippen LogP contribution is -2.51. The molecule has 0 saturated heterocycles. The summed E-state index contributed by atoms with van der Waals surface area (Å²) in [6.07, 6.45) is -3.36. The Labute approximate surface area is 218 Å². The molecule has 13 heteroatoms. The Bertz CT molecular complexity index is 1190. The second-order valence-electron chi connectivity index (χ2n) is 8.05. The smallest absolute Gasteiger partial charge is 0.354 e. The zero-order valence-electron chi connectivity index (χ0n) is 19.8. The molecule has 0 aliphatic carbocycles. The van der Waals surface area contributed by atoms with Gasteiger partial charge in [0.1, 0.15) is 12.6 Å². The van der Waals surface area contributed by atoms with Gasteiger partial charge in [-0.3, -0.25) is 13.9 Å². The molecule has 0 bridgehead atoms. The number of alkyl halides is 3. The molecule has 0 aliphatic heterocycles. The Morgan fingerprint density at radius 1 is 1.08 bits per heavy atom. The number of carbonyl (C=O) groups is 2. The van der Waals surface area contributed by atoms with Crippen molar-refractivity contribution < 1.29 is 31.2 Å². The standard InChI is InChI=1S/C23H26Cl2F3N3O4S/c1-4-11-29-22(33)15(2)30(13-16-5-8-18(24)9-6-16)21(32)14-31(36(3,34)35)20-12-17(23(26,27)28)7-10-19(20)25/h5-10,12,15H,4,11,13-14H2,1-3H3,(H,29,33). The summed E-state index contributed by atoms with van der Waals surface area (Å²) in [6, 6.07) is 7.62. The average Bonchev–Trinajstić information content (AvgIpc) is 2.79. The van der Waals surface area contributed by atoms with E-state index >= 15 is 0 Å². The topological polar surface area (TPSA) is 86.8 Å². The van der Waals surface area contributed by atoms with E-state index in [-0.39, 0.29) is 11.6 Å². The van der Waals surface area contributed by atoms with Crippen molar-refractivity contribution in [3.05, 3.63) is 63.6 Å². The van der Waals surface area contributed by atoms with Crippen LogP contribution in [-0.2, 0) is 32.3 Å². The Balaban J connectivity index is 2.47. The molecular formula is C23H26Cl2F3N3O4S. The van der Waals surface area contributed by atoms with E-state index < -0.39 is 51.9 Å². The first-order valence-electron chi connectivity index (χ1n) is 10.8. The fourth-order valence-corrected chi connectivity index (χ4v) is 4.49. The van der Waals surface area contributed by atoms with Gasteiger partial charge in [0.2, 0.25) is 21.8 Å². The largest absolute Gasteiger partial charge is 0.416 e. The summed E-state index contributed by atoms with van der Waals surface area (Å²) >= 11 is 12.0. The van der Waals surface area contributed by atoms with Crippen molar-refractivity contribution in [2.75, 3.05) is 23.7 Å². The number of nitrogens with one attached hydrogen (secondary N) is 1. The first-order valence-corrected chi connectivity index (χ1v) is 13.4. The highest BCUT2D eigenvalue weighted by Crippen LogP contribution is 2.36. The van der Waals surface area contributed by atoms with E-state index in [2.05, 4.69) is 5.32 Å². The van der Waals surface area contributed by atoms with E-state index in [0.29, 0.717) is 40.0 Å². The highest BCUT2D eigenvalue weighted by atomic mass is 35.5. The molecule has 2 rings (SSSR count). The number of hydrogen-bond donors (Lipinski definition) is 1. The van der Waals surface area contributed by atoms with Gasteiger partial charge in [0, 0.05) is 18.1 Å². The molecule has 0 aliphatic rings. The molecule has 0 spiro atoms. The third-order valence-corrected chi connectivity index (χ3v) is 6.90. The second kappa shape index (κ2) is 12.2. The van der Waals surface area contributed by atoms with Gasteiger partial charge in [-0.05, 0) is 49.2 Å². The van der Waals surface area contributed by atoms with Gasteiger partial charge in [-0.1, -0.05) is 42.3 Å². The van der Waals surface area contributed by atoms with Crippen LogP contribution >= 0.6 is 23.2 Å². The summed E-state index contributed by atoms with van der Waals surface area (Å²) in [5.74, 6) is -1.29. The van der Waals surface area contributed by atoms with Crippen LogP contribution in [0.15, 0.2) is 42.5 Å². The van der Waals surface area contributed by atoms with Crippen LogP contribution in [0.2, 0.25) is 10.0 Å². The maximum Gasteiger partial charge on any atom is 0.416 e. The molecule has 2 amide bonds. The number of halogens is 5. The lowest BCUT2D eigenvalue weighted by Gasteiger charge is -2.32. The van der Waals surface area contributed by atoms with E-state index in [4.69, 9.17) is 23.2 Å². The van der Waals surface area contributed by atoms with Gasteiger partial charge in [-0.15, -0.1) is 0 Å².